The van der Waals surface area contributed by atoms with Crippen LogP contribution in [0.1, 0.15) is 15.2 Å². The molecule has 1 aromatic heterocycles. The van der Waals surface area contributed by atoms with Gasteiger partial charge in [-0.25, -0.2) is 13.2 Å². The number of thiophene rings is 1. The van der Waals surface area contributed by atoms with E-state index < -0.39 is 10.0 Å². The van der Waals surface area contributed by atoms with Gasteiger partial charge in [0, 0.05) is 30.0 Å². The maximum absolute atomic E-state index is 12.7. The Labute approximate surface area is 201 Å². The van der Waals surface area contributed by atoms with Crippen LogP contribution in [0, 0.1) is 0 Å². The van der Waals surface area contributed by atoms with Crippen LogP contribution >= 0.6 is 23.6 Å². The molecule has 0 bridgehead atoms. The number of rotatable bonds is 6. The minimum atomic E-state index is -3.51. The third kappa shape index (κ3) is 5.50. The topological polar surface area (TPSA) is 97.0 Å². The summed E-state index contributed by atoms with van der Waals surface area (Å²) in [6, 6.07) is 14.3. The first kappa shape index (κ1) is 23.6. The van der Waals surface area contributed by atoms with Crippen LogP contribution in [-0.2, 0) is 26.0 Å². The third-order valence-electron chi connectivity index (χ3n) is 5.14. The van der Waals surface area contributed by atoms with E-state index in [1.165, 1.54) is 22.8 Å². The number of anilines is 1. The first-order chi connectivity index (χ1) is 15.9. The van der Waals surface area contributed by atoms with E-state index in [0.29, 0.717) is 42.8 Å². The van der Waals surface area contributed by atoms with Gasteiger partial charge in [-0.2, -0.15) is 4.31 Å². The number of hydrogen-bond acceptors (Lipinski definition) is 7. The van der Waals surface area contributed by atoms with Gasteiger partial charge < -0.3 is 20.1 Å². The maximum Gasteiger partial charge on any atom is 0.348 e. The van der Waals surface area contributed by atoms with Crippen molar-refractivity contribution in [3.05, 3.63) is 59.0 Å². The number of methoxy groups -OCH3 is 1. The van der Waals surface area contributed by atoms with Crippen molar-refractivity contribution in [3.63, 3.8) is 0 Å². The lowest BCUT2D eigenvalue weighted by Crippen LogP contribution is -2.40. The van der Waals surface area contributed by atoms with Crippen LogP contribution in [0.15, 0.2) is 53.4 Å². The average molecular weight is 506 g/mol. The highest BCUT2D eigenvalue weighted by Crippen LogP contribution is 2.28. The normalized spacial score (nSPS) is 14.7. The molecule has 3 aromatic rings. The SMILES string of the molecule is COC(=O)c1cc2cc(NC(=S)NCc3ccc(S(=O)(=O)N4CCOCC4)cc3)ccc2s1. The van der Waals surface area contributed by atoms with E-state index in [1.54, 1.807) is 30.3 Å². The van der Waals surface area contributed by atoms with E-state index in [4.69, 9.17) is 21.7 Å². The molecule has 1 saturated heterocycles. The zero-order valence-corrected chi connectivity index (χ0v) is 20.3. The van der Waals surface area contributed by atoms with Crippen LogP contribution < -0.4 is 10.6 Å². The first-order valence-corrected chi connectivity index (χ1v) is 12.9. The molecule has 0 unspecified atom stereocenters. The van der Waals surface area contributed by atoms with Crippen molar-refractivity contribution >= 4 is 60.4 Å². The Kier molecular flexibility index (Phi) is 7.25. The minimum Gasteiger partial charge on any atom is -0.465 e. The van der Waals surface area contributed by atoms with Crippen LogP contribution in [0.5, 0.6) is 0 Å². The largest absolute Gasteiger partial charge is 0.465 e. The Hall–Kier alpha value is -2.57. The fourth-order valence-electron chi connectivity index (χ4n) is 3.40. The van der Waals surface area contributed by atoms with E-state index in [0.717, 1.165) is 21.3 Å². The van der Waals surface area contributed by atoms with Gasteiger partial charge in [0.15, 0.2) is 5.11 Å². The Bertz CT molecular complexity index is 1270. The number of sulfonamides is 1. The number of carbonyl (C=O) groups excluding carboxylic acids is 1. The van der Waals surface area contributed by atoms with Gasteiger partial charge in [0.05, 0.1) is 25.2 Å². The zero-order valence-electron chi connectivity index (χ0n) is 17.9. The fraction of sp³-hybridized carbons (Fsp3) is 0.273. The number of fused-ring (bicyclic) bond motifs is 1. The Balaban J connectivity index is 1.34. The molecule has 0 radical (unpaired) electrons. The lowest BCUT2D eigenvalue weighted by Gasteiger charge is -2.26. The summed E-state index contributed by atoms with van der Waals surface area (Å²) in [4.78, 5) is 12.5. The van der Waals surface area contributed by atoms with Crippen molar-refractivity contribution in [3.8, 4) is 0 Å². The number of nitrogens with one attached hydrogen (secondary N) is 2. The number of hydrogen-bond donors (Lipinski definition) is 2. The molecule has 174 valence electrons. The molecule has 33 heavy (non-hydrogen) atoms. The van der Waals surface area contributed by atoms with Gasteiger partial charge in [0.25, 0.3) is 0 Å². The van der Waals surface area contributed by atoms with Gasteiger partial charge in [-0.05, 0) is 59.6 Å². The van der Waals surface area contributed by atoms with Crippen molar-refractivity contribution in [2.24, 2.45) is 0 Å². The Morgan fingerprint density at radius 2 is 1.88 bits per heavy atom. The predicted octanol–water partition coefficient (Wildman–Crippen LogP) is 3.20. The molecule has 0 atom stereocenters. The van der Waals surface area contributed by atoms with Gasteiger partial charge in [-0.15, -0.1) is 11.3 Å². The van der Waals surface area contributed by atoms with Crippen molar-refractivity contribution in [2.45, 2.75) is 11.4 Å². The summed E-state index contributed by atoms with van der Waals surface area (Å²) < 4.78 is 37.9. The lowest BCUT2D eigenvalue weighted by molar-refractivity contribution is 0.0606. The molecular formula is C22H23N3O5S3. The highest BCUT2D eigenvalue weighted by molar-refractivity contribution is 7.89. The Morgan fingerprint density at radius 3 is 2.58 bits per heavy atom. The molecule has 2 N–H and O–H groups in total. The smallest absolute Gasteiger partial charge is 0.348 e. The molecule has 1 aliphatic heterocycles. The van der Waals surface area contributed by atoms with Crippen molar-refractivity contribution in [2.75, 3.05) is 38.7 Å². The molecule has 2 aromatic carbocycles. The van der Waals surface area contributed by atoms with Crippen LogP contribution in [0.3, 0.4) is 0 Å². The summed E-state index contributed by atoms with van der Waals surface area (Å²) >= 11 is 6.76. The number of ether oxygens (including phenoxy) is 2. The van der Waals surface area contributed by atoms with E-state index in [2.05, 4.69) is 10.6 Å². The van der Waals surface area contributed by atoms with Crippen LogP contribution in [0.2, 0.25) is 0 Å². The van der Waals surface area contributed by atoms with Gasteiger partial charge >= 0.3 is 5.97 Å². The van der Waals surface area contributed by atoms with Gasteiger partial charge in [0.2, 0.25) is 10.0 Å². The van der Waals surface area contributed by atoms with Crippen LogP contribution in [0.25, 0.3) is 10.1 Å². The van der Waals surface area contributed by atoms with Gasteiger partial charge in [-0.1, -0.05) is 12.1 Å². The lowest BCUT2D eigenvalue weighted by atomic mass is 10.2. The third-order valence-corrected chi connectivity index (χ3v) is 8.40. The number of nitrogens with zero attached hydrogens (tertiary/aromatic N) is 1. The van der Waals surface area contributed by atoms with Crippen molar-refractivity contribution in [1.29, 1.82) is 0 Å². The summed E-state index contributed by atoms with van der Waals surface area (Å²) in [5.41, 5.74) is 1.69. The molecule has 0 amide bonds. The molecule has 1 fully saturated rings. The summed E-state index contributed by atoms with van der Waals surface area (Å²) in [6.45, 7) is 2.01. The summed E-state index contributed by atoms with van der Waals surface area (Å²) in [5.74, 6) is -0.355. The monoisotopic (exact) mass is 505 g/mol. The molecule has 0 saturated carbocycles. The number of thiocarbonyl (C=S) groups is 1. The average Bonchev–Trinajstić information content (AvgIpc) is 3.26. The van der Waals surface area contributed by atoms with Crippen molar-refractivity contribution < 1.29 is 22.7 Å². The van der Waals surface area contributed by atoms with Crippen LogP contribution in [0.4, 0.5) is 5.69 Å². The minimum absolute atomic E-state index is 0.268. The van der Waals surface area contributed by atoms with E-state index in [-0.39, 0.29) is 10.9 Å². The molecule has 8 nitrogen and oxygen atoms in total. The molecule has 4 rings (SSSR count). The molecular weight excluding hydrogens is 482 g/mol. The molecule has 1 aliphatic rings. The first-order valence-electron chi connectivity index (χ1n) is 10.2. The summed E-state index contributed by atoms with van der Waals surface area (Å²) in [6.07, 6.45) is 0. The number of carbonyl (C=O) groups is 1. The quantitative estimate of drug-likeness (QED) is 0.390. The second-order valence-corrected chi connectivity index (χ2v) is 10.8. The number of morpholine rings is 1. The van der Waals surface area contributed by atoms with E-state index in [9.17, 15) is 13.2 Å². The second-order valence-electron chi connectivity index (χ2n) is 7.32. The van der Waals surface area contributed by atoms with Crippen LogP contribution in [-0.4, -0.2) is 57.2 Å². The summed E-state index contributed by atoms with van der Waals surface area (Å²) in [7, 11) is -2.15. The van der Waals surface area contributed by atoms with E-state index in [1.807, 2.05) is 18.2 Å². The number of benzene rings is 2. The molecule has 0 spiro atoms. The zero-order chi connectivity index (χ0) is 23.4. The maximum atomic E-state index is 12.7. The standard InChI is InChI=1S/C22H23N3O5S3/c1-29-21(26)20-13-16-12-17(4-7-19(16)32-20)24-22(31)23-14-15-2-5-18(6-3-15)33(27,28)25-8-10-30-11-9-25/h2-7,12-13H,8-11,14H2,1H3,(H2,23,24,31). The second kappa shape index (κ2) is 10.1. The predicted molar refractivity (Wildman–Crippen MR) is 132 cm³/mol. The highest BCUT2D eigenvalue weighted by Gasteiger charge is 2.26. The highest BCUT2D eigenvalue weighted by atomic mass is 32.2. The fourth-order valence-corrected chi connectivity index (χ4v) is 5.95. The van der Waals surface area contributed by atoms with E-state index >= 15 is 0 Å². The van der Waals surface area contributed by atoms with Crippen molar-refractivity contribution in [1.82, 2.24) is 9.62 Å². The molecule has 2 heterocycles. The van der Waals surface area contributed by atoms with Gasteiger partial charge in [-0.3, -0.25) is 0 Å². The molecule has 11 heteroatoms. The molecule has 0 aliphatic carbocycles. The summed E-state index contributed by atoms with van der Waals surface area (Å²) in [5, 5.41) is 7.61. The Morgan fingerprint density at radius 1 is 1.15 bits per heavy atom. The number of esters is 1. The van der Waals surface area contributed by atoms with Gasteiger partial charge in [0.1, 0.15) is 4.88 Å².